The summed E-state index contributed by atoms with van der Waals surface area (Å²) in [6.07, 6.45) is 0. The topological polar surface area (TPSA) is 90.7 Å². The van der Waals surface area contributed by atoms with Crippen molar-refractivity contribution in [2.45, 2.75) is 0 Å². The van der Waals surface area contributed by atoms with Gasteiger partial charge in [0.2, 0.25) is 0 Å². The molecule has 114 valence electrons. The van der Waals surface area contributed by atoms with Crippen molar-refractivity contribution in [2.75, 3.05) is 19.5 Å². The van der Waals surface area contributed by atoms with Crippen LogP contribution in [0.25, 0.3) is 0 Å². The maximum absolute atomic E-state index is 12.2. The molecule has 0 saturated carbocycles. The minimum atomic E-state index is -0.521. The van der Waals surface area contributed by atoms with Gasteiger partial charge in [-0.05, 0) is 24.3 Å². The molecule has 0 aliphatic rings. The SMILES string of the molecule is COc1ccc(OC)c(NC(=O)c2ccc([N+](=O)[O-])cc2)c1. The third-order valence-corrected chi connectivity index (χ3v) is 3.00. The standard InChI is InChI=1S/C15H14N2O5/c1-21-12-7-8-14(22-2)13(9-12)16-15(18)10-3-5-11(6-4-10)17(19)20/h3-9H,1-2H3,(H,16,18). The van der Waals surface area contributed by atoms with E-state index in [9.17, 15) is 14.9 Å². The molecule has 0 bridgehead atoms. The largest absolute Gasteiger partial charge is 0.497 e. The van der Waals surface area contributed by atoms with Crippen molar-refractivity contribution in [1.82, 2.24) is 0 Å². The minimum Gasteiger partial charge on any atom is -0.497 e. The lowest BCUT2D eigenvalue weighted by atomic mass is 10.2. The van der Waals surface area contributed by atoms with Crippen molar-refractivity contribution in [1.29, 1.82) is 0 Å². The third-order valence-electron chi connectivity index (χ3n) is 3.00. The van der Waals surface area contributed by atoms with Crippen molar-refractivity contribution < 1.29 is 19.2 Å². The van der Waals surface area contributed by atoms with E-state index in [1.165, 1.54) is 38.5 Å². The van der Waals surface area contributed by atoms with Gasteiger partial charge in [-0.25, -0.2) is 0 Å². The monoisotopic (exact) mass is 302 g/mol. The molecule has 22 heavy (non-hydrogen) atoms. The number of nitrogens with one attached hydrogen (secondary N) is 1. The lowest BCUT2D eigenvalue weighted by Gasteiger charge is -2.11. The normalized spacial score (nSPS) is 9.91. The van der Waals surface area contributed by atoms with E-state index in [-0.39, 0.29) is 5.69 Å². The fraction of sp³-hybridized carbons (Fsp3) is 0.133. The lowest BCUT2D eigenvalue weighted by molar-refractivity contribution is -0.384. The molecule has 1 amide bonds. The van der Waals surface area contributed by atoms with Crippen LogP contribution in [0.15, 0.2) is 42.5 Å². The Labute approximate surface area is 126 Å². The molecule has 7 nitrogen and oxygen atoms in total. The van der Waals surface area contributed by atoms with E-state index in [1.54, 1.807) is 18.2 Å². The van der Waals surface area contributed by atoms with Gasteiger partial charge in [-0.15, -0.1) is 0 Å². The van der Waals surface area contributed by atoms with Crippen LogP contribution >= 0.6 is 0 Å². The molecule has 0 radical (unpaired) electrons. The van der Waals surface area contributed by atoms with Crippen LogP contribution in [0, 0.1) is 10.1 Å². The molecule has 7 heteroatoms. The number of nitro benzene ring substituents is 1. The van der Waals surface area contributed by atoms with Crippen molar-refractivity contribution in [3.63, 3.8) is 0 Å². The molecule has 2 rings (SSSR count). The number of hydrogen-bond donors (Lipinski definition) is 1. The highest BCUT2D eigenvalue weighted by Gasteiger charge is 2.12. The zero-order valence-electron chi connectivity index (χ0n) is 12.0. The molecule has 2 aromatic carbocycles. The molecule has 0 saturated heterocycles. The van der Waals surface area contributed by atoms with Crippen molar-refractivity contribution in [3.8, 4) is 11.5 Å². The number of amides is 1. The fourth-order valence-electron chi connectivity index (χ4n) is 1.84. The Morgan fingerprint density at radius 2 is 1.77 bits per heavy atom. The Balaban J connectivity index is 2.22. The number of anilines is 1. The van der Waals surface area contributed by atoms with Crippen LogP contribution in [0.3, 0.4) is 0 Å². The maximum atomic E-state index is 12.2. The van der Waals surface area contributed by atoms with E-state index in [0.29, 0.717) is 22.7 Å². The molecule has 0 atom stereocenters. The second-order valence-corrected chi connectivity index (χ2v) is 4.32. The summed E-state index contributed by atoms with van der Waals surface area (Å²) in [6, 6.07) is 10.3. The number of hydrogen-bond acceptors (Lipinski definition) is 5. The number of nitro groups is 1. The minimum absolute atomic E-state index is 0.0736. The fourth-order valence-corrected chi connectivity index (χ4v) is 1.84. The highest BCUT2D eigenvalue weighted by atomic mass is 16.6. The summed E-state index contributed by atoms with van der Waals surface area (Å²) in [7, 11) is 3.01. The first-order chi connectivity index (χ1) is 10.5. The van der Waals surface area contributed by atoms with Crippen LogP contribution < -0.4 is 14.8 Å². The van der Waals surface area contributed by atoms with Crippen LogP contribution in [0.5, 0.6) is 11.5 Å². The zero-order chi connectivity index (χ0) is 16.1. The number of ether oxygens (including phenoxy) is 2. The summed E-state index contributed by atoms with van der Waals surface area (Å²) in [5.74, 6) is 0.650. The quantitative estimate of drug-likeness (QED) is 0.677. The van der Waals surface area contributed by atoms with E-state index in [2.05, 4.69) is 5.32 Å². The first kappa shape index (κ1) is 15.3. The average molecular weight is 302 g/mol. The highest BCUT2D eigenvalue weighted by molar-refractivity contribution is 6.05. The molecule has 0 unspecified atom stereocenters. The molecule has 0 aromatic heterocycles. The number of rotatable bonds is 5. The molecule has 0 fully saturated rings. The van der Waals surface area contributed by atoms with Crippen LogP contribution in [0.4, 0.5) is 11.4 Å². The summed E-state index contributed by atoms with van der Waals surface area (Å²) in [5, 5.41) is 13.3. The van der Waals surface area contributed by atoms with E-state index in [4.69, 9.17) is 9.47 Å². The number of benzene rings is 2. The van der Waals surface area contributed by atoms with Gasteiger partial charge in [0.05, 0.1) is 24.8 Å². The van der Waals surface area contributed by atoms with Crippen LogP contribution in [0.2, 0.25) is 0 Å². The van der Waals surface area contributed by atoms with Gasteiger partial charge >= 0.3 is 0 Å². The van der Waals surface area contributed by atoms with Crippen LogP contribution in [-0.2, 0) is 0 Å². The van der Waals surface area contributed by atoms with Gasteiger partial charge in [0.25, 0.3) is 11.6 Å². The first-order valence-electron chi connectivity index (χ1n) is 6.33. The Kier molecular flexibility index (Phi) is 4.57. The highest BCUT2D eigenvalue weighted by Crippen LogP contribution is 2.29. The van der Waals surface area contributed by atoms with Gasteiger partial charge in [0, 0.05) is 23.8 Å². The number of carbonyl (C=O) groups excluding carboxylic acids is 1. The number of non-ortho nitro benzene ring substituents is 1. The van der Waals surface area contributed by atoms with Gasteiger partial charge in [-0.1, -0.05) is 0 Å². The molecule has 0 aliphatic carbocycles. The maximum Gasteiger partial charge on any atom is 0.269 e. The smallest absolute Gasteiger partial charge is 0.269 e. The molecular weight excluding hydrogens is 288 g/mol. The molecular formula is C15H14N2O5. The Bertz CT molecular complexity index is 698. The number of methoxy groups -OCH3 is 2. The number of nitrogens with zero attached hydrogens (tertiary/aromatic N) is 1. The van der Waals surface area contributed by atoms with Gasteiger partial charge in [0.15, 0.2) is 0 Å². The summed E-state index contributed by atoms with van der Waals surface area (Å²) in [5.41, 5.74) is 0.677. The summed E-state index contributed by atoms with van der Waals surface area (Å²) >= 11 is 0. The second-order valence-electron chi connectivity index (χ2n) is 4.32. The van der Waals surface area contributed by atoms with Gasteiger partial charge < -0.3 is 14.8 Å². The Morgan fingerprint density at radius 1 is 1.09 bits per heavy atom. The Morgan fingerprint density at radius 3 is 2.32 bits per heavy atom. The van der Waals surface area contributed by atoms with E-state index in [0.717, 1.165) is 0 Å². The van der Waals surface area contributed by atoms with Crippen LogP contribution in [0.1, 0.15) is 10.4 Å². The van der Waals surface area contributed by atoms with Gasteiger partial charge in [0.1, 0.15) is 11.5 Å². The summed E-state index contributed by atoms with van der Waals surface area (Å²) in [4.78, 5) is 22.3. The molecule has 1 N–H and O–H groups in total. The summed E-state index contributed by atoms with van der Waals surface area (Å²) in [6.45, 7) is 0. The molecule has 0 heterocycles. The lowest BCUT2D eigenvalue weighted by Crippen LogP contribution is -2.12. The molecule has 0 spiro atoms. The van der Waals surface area contributed by atoms with E-state index >= 15 is 0 Å². The first-order valence-corrected chi connectivity index (χ1v) is 6.33. The average Bonchev–Trinajstić information content (AvgIpc) is 2.54. The van der Waals surface area contributed by atoms with Crippen molar-refractivity contribution in [2.24, 2.45) is 0 Å². The van der Waals surface area contributed by atoms with Gasteiger partial charge in [-0.3, -0.25) is 14.9 Å². The van der Waals surface area contributed by atoms with Crippen molar-refractivity contribution >= 4 is 17.3 Å². The third kappa shape index (κ3) is 3.32. The summed E-state index contributed by atoms with van der Waals surface area (Å²) < 4.78 is 10.3. The second kappa shape index (κ2) is 6.57. The molecule has 2 aromatic rings. The molecule has 0 aliphatic heterocycles. The predicted octanol–water partition coefficient (Wildman–Crippen LogP) is 2.86. The van der Waals surface area contributed by atoms with Crippen molar-refractivity contribution in [3.05, 3.63) is 58.1 Å². The van der Waals surface area contributed by atoms with Gasteiger partial charge in [-0.2, -0.15) is 0 Å². The number of carbonyl (C=O) groups is 1. The van der Waals surface area contributed by atoms with Crippen LogP contribution in [-0.4, -0.2) is 25.1 Å². The zero-order valence-corrected chi connectivity index (χ0v) is 12.0. The van der Waals surface area contributed by atoms with E-state index in [1.807, 2.05) is 0 Å². The van der Waals surface area contributed by atoms with E-state index < -0.39 is 10.8 Å². The Hall–Kier alpha value is -3.09. The predicted molar refractivity (Wildman–Crippen MR) is 80.6 cm³/mol.